The van der Waals surface area contributed by atoms with Crippen molar-refractivity contribution in [3.63, 3.8) is 0 Å². The van der Waals surface area contributed by atoms with Gasteiger partial charge in [0.05, 0.1) is 24.8 Å². The molecule has 21 heavy (non-hydrogen) atoms. The minimum Gasteiger partial charge on any atom is -0.497 e. The van der Waals surface area contributed by atoms with E-state index in [4.69, 9.17) is 9.84 Å². The van der Waals surface area contributed by atoms with E-state index in [1.54, 1.807) is 13.4 Å². The number of nitrogens with zero attached hydrogens (tertiary/aromatic N) is 2. The van der Waals surface area contributed by atoms with Crippen molar-refractivity contribution in [2.75, 3.05) is 25.6 Å². The maximum Gasteiger partial charge on any atom is 0.121 e. The molecule has 1 aromatic heterocycles. The van der Waals surface area contributed by atoms with Gasteiger partial charge in [-0.15, -0.1) is 0 Å². The lowest BCUT2D eigenvalue weighted by atomic mass is 10.2. The molecule has 0 spiro atoms. The van der Waals surface area contributed by atoms with Gasteiger partial charge in [-0.05, 0) is 36.4 Å². The van der Waals surface area contributed by atoms with E-state index >= 15 is 0 Å². The van der Waals surface area contributed by atoms with Crippen LogP contribution in [0.25, 0.3) is 16.7 Å². The molecule has 0 aliphatic heterocycles. The predicted molar refractivity (Wildman–Crippen MR) is 83.2 cm³/mol. The van der Waals surface area contributed by atoms with Crippen LogP contribution >= 0.6 is 0 Å². The van der Waals surface area contributed by atoms with Crippen LogP contribution in [0.15, 0.2) is 48.8 Å². The molecule has 0 aliphatic rings. The van der Waals surface area contributed by atoms with E-state index < -0.39 is 0 Å². The van der Waals surface area contributed by atoms with Gasteiger partial charge in [0.15, 0.2) is 0 Å². The fourth-order valence-electron chi connectivity index (χ4n) is 2.27. The largest absolute Gasteiger partial charge is 0.497 e. The lowest BCUT2D eigenvalue weighted by Crippen LogP contribution is -2.05. The fourth-order valence-corrected chi connectivity index (χ4v) is 2.27. The normalized spacial score (nSPS) is 10.8. The first kappa shape index (κ1) is 13.5. The summed E-state index contributed by atoms with van der Waals surface area (Å²) in [4.78, 5) is 4.41. The average Bonchev–Trinajstić information content (AvgIpc) is 2.96. The lowest BCUT2D eigenvalue weighted by Gasteiger charge is -2.08. The summed E-state index contributed by atoms with van der Waals surface area (Å²) in [5.41, 5.74) is 3.96. The van der Waals surface area contributed by atoms with Gasteiger partial charge in [0.2, 0.25) is 0 Å². The van der Waals surface area contributed by atoms with Gasteiger partial charge in [0.1, 0.15) is 12.1 Å². The first-order valence-electron chi connectivity index (χ1n) is 6.78. The van der Waals surface area contributed by atoms with E-state index in [-0.39, 0.29) is 6.61 Å². The Kier molecular flexibility index (Phi) is 3.75. The molecular weight excluding hydrogens is 266 g/mol. The zero-order chi connectivity index (χ0) is 14.7. The molecule has 0 saturated heterocycles. The van der Waals surface area contributed by atoms with Gasteiger partial charge in [-0.3, -0.25) is 4.57 Å². The van der Waals surface area contributed by atoms with Crippen LogP contribution in [0, 0.1) is 0 Å². The Morgan fingerprint density at radius 2 is 2.00 bits per heavy atom. The molecule has 5 heteroatoms. The second-order valence-electron chi connectivity index (χ2n) is 4.67. The molecule has 108 valence electrons. The Bertz CT molecular complexity index is 735. The monoisotopic (exact) mass is 283 g/mol. The van der Waals surface area contributed by atoms with Crippen molar-refractivity contribution in [3.05, 3.63) is 48.8 Å². The van der Waals surface area contributed by atoms with Crippen LogP contribution in [-0.2, 0) is 0 Å². The van der Waals surface area contributed by atoms with E-state index in [1.165, 1.54) is 0 Å². The van der Waals surface area contributed by atoms with Crippen LogP contribution in [0.4, 0.5) is 5.69 Å². The molecular formula is C16H17N3O2. The molecule has 2 N–H and O–H groups in total. The Labute approximate surface area is 122 Å². The summed E-state index contributed by atoms with van der Waals surface area (Å²) in [6, 6.07) is 13.9. The number of aromatic nitrogens is 2. The first-order valence-corrected chi connectivity index (χ1v) is 6.78. The van der Waals surface area contributed by atoms with E-state index in [2.05, 4.69) is 10.3 Å². The van der Waals surface area contributed by atoms with Crippen molar-refractivity contribution in [3.8, 4) is 11.4 Å². The summed E-state index contributed by atoms with van der Waals surface area (Å²) in [6.07, 6.45) is 1.81. The number of fused-ring (bicyclic) bond motifs is 1. The first-order chi connectivity index (χ1) is 10.3. The van der Waals surface area contributed by atoms with E-state index in [0.717, 1.165) is 28.2 Å². The molecule has 0 atom stereocenters. The van der Waals surface area contributed by atoms with Crippen LogP contribution in [0.2, 0.25) is 0 Å². The summed E-state index contributed by atoms with van der Waals surface area (Å²) in [7, 11) is 1.65. The number of aliphatic hydroxyl groups is 1. The molecule has 5 nitrogen and oxygen atoms in total. The Morgan fingerprint density at radius 3 is 2.71 bits per heavy atom. The van der Waals surface area contributed by atoms with Crippen molar-refractivity contribution in [2.45, 2.75) is 0 Å². The van der Waals surface area contributed by atoms with Gasteiger partial charge in [0.25, 0.3) is 0 Å². The standard InChI is InChI=1S/C16H17N3O2/c1-21-14-6-7-16-15(10-14)18-11-19(16)13-4-2-12(3-5-13)17-8-9-20/h2-7,10-11,17,20H,8-9H2,1H3. The van der Waals surface area contributed by atoms with Crippen LogP contribution in [0.3, 0.4) is 0 Å². The topological polar surface area (TPSA) is 59.3 Å². The van der Waals surface area contributed by atoms with Gasteiger partial charge < -0.3 is 15.2 Å². The highest BCUT2D eigenvalue weighted by Crippen LogP contribution is 2.23. The molecule has 0 aliphatic carbocycles. The third-order valence-electron chi connectivity index (χ3n) is 3.34. The summed E-state index contributed by atoms with van der Waals surface area (Å²) in [5, 5.41) is 11.9. The number of anilines is 1. The minimum atomic E-state index is 0.121. The average molecular weight is 283 g/mol. The fraction of sp³-hybridized carbons (Fsp3) is 0.188. The van der Waals surface area contributed by atoms with Crippen molar-refractivity contribution in [1.29, 1.82) is 0 Å². The Morgan fingerprint density at radius 1 is 1.19 bits per heavy atom. The van der Waals surface area contributed by atoms with Crippen molar-refractivity contribution >= 4 is 16.7 Å². The lowest BCUT2D eigenvalue weighted by molar-refractivity contribution is 0.311. The molecule has 0 fully saturated rings. The van der Waals surface area contributed by atoms with Crippen molar-refractivity contribution < 1.29 is 9.84 Å². The molecule has 0 saturated carbocycles. The highest BCUT2D eigenvalue weighted by molar-refractivity contribution is 5.79. The van der Waals surface area contributed by atoms with Crippen molar-refractivity contribution in [2.24, 2.45) is 0 Å². The highest BCUT2D eigenvalue weighted by atomic mass is 16.5. The number of benzene rings is 2. The highest BCUT2D eigenvalue weighted by Gasteiger charge is 2.05. The second-order valence-corrected chi connectivity index (χ2v) is 4.67. The van der Waals surface area contributed by atoms with Crippen LogP contribution < -0.4 is 10.1 Å². The van der Waals surface area contributed by atoms with Gasteiger partial charge in [-0.1, -0.05) is 0 Å². The predicted octanol–water partition coefficient (Wildman–Crippen LogP) is 2.44. The van der Waals surface area contributed by atoms with Crippen LogP contribution in [0.5, 0.6) is 5.75 Å². The number of hydrogen-bond acceptors (Lipinski definition) is 4. The molecule has 0 bridgehead atoms. The molecule has 3 aromatic rings. The summed E-state index contributed by atoms with van der Waals surface area (Å²) < 4.78 is 7.24. The number of hydrogen-bond donors (Lipinski definition) is 2. The third-order valence-corrected chi connectivity index (χ3v) is 3.34. The molecule has 0 unspecified atom stereocenters. The van der Waals surface area contributed by atoms with Gasteiger partial charge >= 0.3 is 0 Å². The number of nitrogens with one attached hydrogen (secondary N) is 1. The van der Waals surface area contributed by atoms with Crippen molar-refractivity contribution in [1.82, 2.24) is 9.55 Å². The Hall–Kier alpha value is -2.53. The summed E-state index contributed by atoms with van der Waals surface area (Å²) in [6.45, 7) is 0.670. The van der Waals surface area contributed by atoms with E-state index in [0.29, 0.717) is 6.54 Å². The second kappa shape index (κ2) is 5.85. The van der Waals surface area contributed by atoms with E-state index in [9.17, 15) is 0 Å². The number of rotatable bonds is 5. The smallest absolute Gasteiger partial charge is 0.121 e. The zero-order valence-electron chi connectivity index (χ0n) is 11.8. The van der Waals surface area contributed by atoms with Gasteiger partial charge in [-0.25, -0.2) is 4.98 Å². The zero-order valence-corrected chi connectivity index (χ0v) is 11.8. The number of aliphatic hydroxyl groups excluding tert-OH is 1. The van der Waals surface area contributed by atoms with Crippen LogP contribution in [-0.4, -0.2) is 34.9 Å². The third kappa shape index (κ3) is 2.68. The quantitative estimate of drug-likeness (QED) is 0.755. The summed E-state index contributed by atoms with van der Waals surface area (Å²) >= 11 is 0. The maximum atomic E-state index is 8.81. The van der Waals surface area contributed by atoms with Crippen LogP contribution in [0.1, 0.15) is 0 Å². The number of imidazole rings is 1. The maximum absolute atomic E-state index is 8.81. The van der Waals surface area contributed by atoms with Gasteiger partial charge in [-0.2, -0.15) is 0 Å². The molecule has 2 aromatic carbocycles. The Balaban J connectivity index is 1.93. The van der Waals surface area contributed by atoms with E-state index in [1.807, 2.05) is 47.0 Å². The SMILES string of the molecule is COc1ccc2c(c1)ncn2-c1ccc(NCCO)cc1. The summed E-state index contributed by atoms with van der Waals surface area (Å²) in [5.74, 6) is 0.802. The molecule has 0 radical (unpaired) electrons. The molecule has 3 rings (SSSR count). The number of ether oxygens (including phenoxy) is 1. The van der Waals surface area contributed by atoms with Gasteiger partial charge in [0, 0.05) is 24.0 Å². The molecule has 1 heterocycles. The molecule has 0 amide bonds. The number of methoxy groups -OCH3 is 1. The minimum absolute atomic E-state index is 0.121.